The number of pyridine rings is 1. The van der Waals surface area contributed by atoms with Gasteiger partial charge in [-0.3, -0.25) is 0 Å². The number of piperidine rings is 1. The van der Waals surface area contributed by atoms with Crippen LogP contribution in [0.5, 0.6) is 5.88 Å². The number of nitrogens with zero attached hydrogens (tertiary/aromatic N) is 2. The van der Waals surface area contributed by atoms with Crippen molar-refractivity contribution < 1.29 is 14.3 Å². The molecule has 122 valence electrons. The maximum absolute atomic E-state index is 12.1. The Morgan fingerprint density at radius 1 is 1.50 bits per heavy atom. The van der Waals surface area contributed by atoms with Gasteiger partial charge in [0.15, 0.2) is 0 Å². The monoisotopic (exact) mass is 308 g/mol. The average Bonchev–Trinajstić information content (AvgIpc) is 2.46. The molecule has 2 heterocycles. The van der Waals surface area contributed by atoms with Crippen LogP contribution in [0.2, 0.25) is 0 Å². The lowest BCUT2D eigenvalue weighted by molar-refractivity contribution is 0.00733. The summed E-state index contributed by atoms with van der Waals surface area (Å²) in [7, 11) is 0. The summed E-state index contributed by atoms with van der Waals surface area (Å²) in [6, 6.07) is 3.25. The highest BCUT2D eigenvalue weighted by atomic mass is 16.6. The Labute approximate surface area is 130 Å². The largest absolute Gasteiger partial charge is 0.761 e. The van der Waals surface area contributed by atoms with Gasteiger partial charge in [0.1, 0.15) is 11.7 Å². The van der Waals surface area contributed by atoms with Crippen molar-refractivity contribution in [2.75, 3.05) is 18.6 Å². The van der Waals surface area contributed by atoms with Gasteiger partial charge in [0.25, 0.3) is 0 Å². The first-order valence-corrected chi connectivity index (χ1v) is 7.37. The first-order chi connectivity index (χ1) is 10.4. The van der Waals surface area contributed by atoms with Crippen LogP contribution >= 0.6 is 0 Å². The molecule has 0 aromatic carbocycles. The molecule has 1 atom stereocenters. The summed E-state index contributed by atoms with van der Waals surface area (Å²) in [5.74, 6) is 0.258. The quantitative estimate of drug-likeness (QED) is 0.864. The molecule has 1 aromatic rings. The molecular weight excluding hydrogens is 286 g/mol. The smallest absolute Gasteiger partial charge is 0.410 e. The molecule has 1 N–H and O–H groups in total. The number of carbonyl (C=O) groups is 1. The molecule has 1 saturated heterocycles. The van der Waals surface area contributed by atoms with E-state index in [4.69, 9.17) is 9.47 Å². The first kappa shape index (κ1) is 16.4. The van der Waals surface area contributed by atoms with E-state index >= 15 is 0 Å². The van der Waals surface area contributed by atoms with Crippen LogP contribution in [0.3, 0.4) is 0 Å². The number of hydrogen-bond donors (Lipinski definition) is 1. The van der Waals surface area contributed by atoms with E-state index in [-0.39, 0.29) is 23.8 Å². The lowest BCUT2D eigenvalue weighted by atomic mass is 10.1. The Bertz CT molecular complexity index is 516. The van der Waals surface area contributed by atoms with Gasteiger partial charge >= 0.3 is 6.09 Å². The van der Waals surface area contributed by atoms with Crippen molar-refractivity contribution in [3.05, 3.63) is 23.5 Å². The van der Waals surface area contributed by atoms with Crippen LogP contribution in [0.25, 0.3) is 0 Å². The number of nitrogens with one attached hydrogen (secondary N) is 1. The Balaban J connectivity index is 1.97. The molecule has 1 aromatic heterocycles. The van der Waals surface area contributed by atoms with Gasteiger partial charge in [0.05, 0.1) is 12.2 Å². The molecule has 0 aliphatic carbocycles. The molecule has 0 unspecified atom stereocenters. The lowest BCUT2D eigenvalue weighted by Crippen LogP contribution is -2.46. The zero-order valence-electron chi connectivity index (χ0n) is 13.2. The van der Waals surface area contributed by atoms with E-state index in [0.717, 1.165) is 12.8 Å². The summed E-state index contributed by atoms with van der Waals surface area (Å²) in [5, 5.41) is 10.9. The predicted molar refractivity (Wildman–Crippen MR) is 82.7 cm³/mol. The summed E-state index contributed by atoms with van der Waals surface area (Å²) in [5.41, 5.74) is 1.57. The van der Waals surface area contributed by atoms with Crippen molar-refractivity contribution in [2.24, 2.45) is 0 Å². The van der Waals surface area contributed by atoms with E-state index in [0.29, 0.717) is 13.1 Å². The Morgan fingerprint density at radius 2 is 2.27 bits per heavy atom. The topological polar surface area (TPSA) is 86.8 Å². The molecule has 1 amide bonds. The molecular formula is C15H22N3O4-. The Kier molecular flexibility index (Phi) is 5.07. The fraction of sp³-hybridized carbons (Fsp3) is 0.600. The molecule has 1 fully saturated rings. The number of carbonyl (C=O) groups excluding carboxylic acids is 1. The minimum absolute atomic E-state index is 0.205. The maximum Gasteiger partial charge on any atom is 0.410 e. The fourth-order valence-electron chi connectivity index (χ4n) is 2.25. The third-order valence-corrected chi connectivity index (χ3v) is 3.19. The first-order valence-electron chi connectivity index (χ1n) is 7.37. The summed E-state index contributed by atoms with van der Waals surface area (Å²) in [4.78, 5) is 17.8. The highest BCUT2D eigenvalue weighted by Crippen LogP contribution is 2.24. The number of aromatic nitrogens is 1. The van der Waals surface area contributed by atoms with Crippen molar-refractivity contribution in [3.63, 3.8) is 0 Å². The van der Waals surface area contributed by atoms with Gasteiger partial charge in [-0.25, -0.2) is 9.78 Å². The predicted octanol–water partition coefficient (Wildman–Crippen LogP) is 2.77. The van der Waals surface area contributed by atoms with E-state index in [9.17, 15) is 10.0 Å². The summed E-state index contributed by atoms with van der Waals surface area (Å²) in [6.07, 6.45) is 2.63. The number of likely N-dealkylation sites (tertiary alicyclic amines) is 1. The van der Waals surface area contributed by atoms with Crippen molar-refractivity contribution in [1.82, 2.24) is 9.88 Å². The zero-order chi connectivity index (χ0) is 16.2. The third-order valence-electron chi connectivity index (χ3n) is 3.19. The van der Waals surface area contributed by atoms with Crippen LogP contribution in [0, 0.1) is 5.21 Å². The van der Waals surface area contributed by atoms with Crippen molar-refractivity contribution in [2.45, 2.75) is 45.3 Å². The summed E-state index contributed by atoms with van der Waals surface area (Å²) in [6.45, 7) is 6.57. The van der Waals surface area contributed by atoms with Gasteiger partial charge in [0, 0.05) is 12.7 Å². The van der Waals surface area contributed by atoms with Crippen LogP contribution in [-0.2, 0) is 4.74 Å². The van der Waals surface area contributed by atoms with E-state index in [1.165, 1.54) is 0 Å². The second kappa shape index (κ2) is 6.83. The summed E-state index contributed by atoms with van der Waals surface area (Å²) >= 11 is 0. The highest BCUT2D eigenvalue weighted by Gasteiger charge is 2.29. The van der Waals surface area contributed by atoms with Crippen LogP contribution in [0.1, 0.15) is 33.6 Å². The van der Waals surface area contributed by atoms with Crippen molar-refractivity contribution in [3.8, 4) is 5.88 Å². The number of ether oxygens (including phenoxy) is 2. The maximum atomic E-state index is 12.1. The Morgan fingerprint density at radius 3 is 2.95 bits per heavy atom. The van der Waals surface area contributed by atoms with Gasteiger partial charge in [0.2, 0.25) is 5.88 Å². The molecule has 7 nitrogen and oxygen atoms in total. The van der Waals surface area contributed by atoms with Crippen molar-refractivity contribution in [1.29, 1.82) is 0 Å². The molecule has 0 radical (unpaired) electrons. The molecule has 0 bridgehead atoms. The minimum Gasteiger partial charge on any atom is -0.761 e. The molecule has 2 rings (SSSR count). The van der Waals surface area contributed by atoms with Crippen molar-refractivity contribution >= 4 is 11.8 Å². The average molecular weight is 308 g/mol. The Hall–Kier alpha value is -2.02. The standard InChI is InChI=1S/C15H22N3O4/c1-15(2,3)22-14(19)18-9-5-6-11(10-18)21-13-12(17-20)7-4-8-16-13/h4,7-8,11,17H,5-6,9-10H2,1-3H3/q-1/t11-/m0/s1. The van der Waals surface area contributed by atoms with Crippen LogP contribution in [0.4, 0.5) is 10.5 Å². The molecule has 1 aliphatic rings. The van der Waals surface area contributed by atoms with E-state index in [2.05, 4.69) is 4.98 Å². The number of amides is 1. The second-order valence-corrected chi connectivity index (χ2v) is 6.27. The highest BCUT2D eigenvalue weighted by molar-refractivity contribution is 5.68. The minimum atomic E-state index is -0.522. The van der Waals surface area contributed by atoms with E-state index in [1.807, 2.05) is 26.3 Å². The van der Waals surface area contributed by atoms with Gasteiger partial charge in [-0.15, -0.1) is 0 Å². The SMILES string of the molecule is CC(C)(C)OC(=O)N1CCC[C@H](Oc2ncccc2N[O-])C1. The second-order valence-electron chi connectivity index (χ2n) is 6.27. The zero-order valence-corrected chi connectivity index (χ0v) is 13.2. The number of rotatable bonds is 3. The molecule has 1 aliphatic heterocycles. The molecule has 0 saturated carbocycles. The van der Waals surface area contributed by atoms with E-state index in [1.54, 1.807) is 23.2 Å². The molecule has 22 heavy (non-hydrogen) atoms. The van der Waals surface area contributed by atoms with Gasteiger partial charge in [-0.2, -0.15) is 0 Å². The summed E-state index contributed by atoms with van der Waals surface area (Å²) < 4.78 is 11.1. The lowest BCUT2D eigenvalue weighted by Gasteiger charge is -2.34. The number of anilines is 1. The fourth-order valence-corrected chi connectivity index (χ4v) is 2.25. The number of hydrogen-bond acceptors (Lipinski definition) is 6. The van der Waals surface area contributed by atoms with Crippen LogP contribution in [-0.4, -0.2) is 40.8 Å². The van der Waals surface area contributed by atoms with Crippen LogP contribution in [0.15, 0.2) is 18.3 Å². The van der Waals surface area contributed by atoms with Crippen LogP contribution < -0.4 is 10.2 Å². The third kappa shape index (κ3) is 4.49. The van der Waals surface area contributed by atoms with E-state index < -0.39 is 5.60 Å². The normalized spacial score (nSPS) is 18.7. The molecule has 0 spiro atoms. The van der Waals surface area contributed by atoms with Gasteiger partial charge < -0.3 is 25.1 Å². The van der Waals surface area contributed by atoms with Gasteiger partial charge in [-0.1, -0.05) is 0 Å². The van der Waals surface area contributed by atoms with Gasteiger partial charge in [-0.05, 0) is 45.7 Å². The molecule has 7 heteroatoms.